The summed E-state index contributed by atoms with van der Waals surface area (Å²) in [5.74, 6) is 0.0376. The minimum Gasteiger partial charge on any atom is -0.508 e. The molecule has 0 fully saturated rings. The lowest BCUT2D eigenvalue weighted by Crippen LogP contribution is -2.26. The van der Waals surface area contributed by atoms with Gasteiger partial charge in [0.05, 0.1) is 12.5 Å². The number of rotatable bonds is 6. The molecule has 4 nitrogen and oxygen atoms in total. The molecule has 0 aliphatic heterocycles. The van der Waals surface area contributed by atoms with Gasteiger partial charge >= 0.3 is 0 Å². The van der Waals surface area contributed by atoms with E-state index in [0.717, 1.165) is 12.8 Å². The Morgan fingerprint density at radius 1 is 1.35 bits per heavy atom. The zero-order chi connectivity index (χ0) is 12.5. The monoisotopic (exact) mass is 232 g/mol. The van der Waals surface area contributed by atoms with E-state index in [0.29, 0.717) is 18.5 Å². The maximum absolute atomic E-state index is 11.5. The van der Waals surface area contributed by atoms with E-state index in [1.165, 1.54) is 0 Å². The van der Waals surface area contributed by atoms with Gasteiger partial charge in [-0.3, -0.25) is 4.79 Å². The molecular formula is C13H16N2O2. The molecule has 0 atom stereocenters. The Bertz CT molecular complexity index is 410. The van der Waals surface area contributed by atoms with Crippen LogP contribution in [0.1, 0.15) is 24.8 Å². The van der Waals surface area contributed by atoms with E-state index in [9.17, 15) is 9.90 Å². The van der Waals surface area contributed by atoms with Crippen LogP contribution in [0.2, 0.25) is 0 Å². The van der Waals surface area contributed by atoms with Crippen LogP contribution in [0.25, 0.3) is 0 Å². The van der Waals surface area contributed by atoms with E-state index < -0.39 is 0 Å². The molecule has 4 heteroatoms. The second-order valence-electron chi connectivity index (χ2n) is 3.77. The molecule has 0 saturated heterocycles. The molecule has 0 saturated carbocycles. The lowest BCUT2D eigenvalue weighted by Gasteiger charge is -2.05. The van der Waals surface area contributed by atoms with Gasteiger partial charge in [-0.2, -0.15) is 5.26 Å². The van der Waals surface area contributed by atoms with Crippen LogP contribution in [0.5, 0.6) is 5.75 Å². The number of hydrogen-bond donors (Lipinski definition) is 2. The van der Waals surface area contributed by atoms with Crippen LogP contribution in [0.3, 0.4) is 0 Å². The summed E-state index contributed by atoms with van der Waals surface area (Å²) in [5.41, 5.74) is 0.627. The maximum atomic E-state index is 11.5. The Balaban J connectivity index is 2.26. The normalized spacial score (nSPS) is 9.59. The first kappa shape index (κ1) is 13.0. The molecule has 0 spiro atoms. The Hall–Kier alpha value is -2.02. The summed E-state index contributed by atoms with van der Waals surface area (Å²) in [6, 6.07) is 8.86. The SMILES string of the molecule is N#CCCCCNC(=O)Cc1ccccc1O. The van der Waals surface area contributed by atoms with Gasteiger partial charge in [0.25, 0.3) is 0 Å². The largest absolute Gasteiger partial charge is 0.508 e. The first-order chi connectivity index (χ1) is 8.24. The number of aromatic hydroxyl groups is 1. The van der Waals surface area contributed by atoms with E-state index >= 15 is 0 Å². The standard InChI is InChI=1S/C13H16N2O2/c14-8-4-1-5-9-15-13(17)10-11-6-2-3-7-12(11)16/h2-3,6-7,16H,1,4-5,9-10H2,(H,15,17). The van der Waals surface area contributed by atoms with Crippen LogP contribution in [0.15, 0.2) is 24.3 Å². The summed E-state index contributed by atoms with van der Waals surface area (Å²) >= 11 is 0. The predicted molar refractivity (Wildman–Crippen MR) is 64.3 cm³/mol. The van der Waals surface area contributed by atoms with Gasteiger partial charge in [0.1, 0.15) is 5.75 Å². The zero-order valence-corrected chi connectivity index (χ0v) is 9.65. The van der Waals surface area contributed by atoms with Crippen molar-refractivity contribution in [2.45, 2.75) is 25.7 Å². The number of hydrogen-bond acceptors (Lipinski definition) is 3. The second kappa shape index (κ2) is 7.29. The number of unbranched alkanes of at least 4 members (excludes halogenated alkanes) is 2. The third kappa shape index (κ3) is 5.03. The molecule has 17 heavy (non-hydrogen) atoms. The molecule has 0 aliphatic carbocycles. The van der Waals surface area contributed by atoms with Crippen molar-refractivity contribution in [3.8, 4) is 11.8 Å². The Labute approximate surface area is 101 Å². The van der Waals surface area contributed by atoms with Gasteiger partial charge in [-0.25, -0.2) is 0 Å². The Morgan fingerprint density at radius 3 is 2.82 bits per heavy atom. The molecule has 1 amide bonds. The minimum absolute atomic E-state index is 0.108. The fourth-order valence-corrected chi connectivity index (χ4v) is 1.45. The van der Waals surface area contributed by atoms with Crippen molar-refractivity contribution in [2.75, 3.05) is 6.54 Å². The first-order valence-corrected chi connectivity index (χ1v) is 5.64. The molecule has 1 rings (SSSR count). The molecule has 1 aromatic carbocycles. The summed E-state index contributed by atoms with van der Waals surface area (Å²) in [6.07, 6.45) is 2.31. The van der Waals surface area contributed by atoms with Crippen LogP contribution in [-0.2, 0) is 11.2 Å². The van der Waals surface area contributed by atoms with Crippen LogP contribution >= 0.6 is 0 Å². The van der Waals surface area contributed by atoms with Gasteiger partial charge in [-0.05, 0) is 18.9 Å². The highest BCUT2D eigenvalue weighted by Gasteiger charge is 2.05. The summed E-state index contributed by atoms with van der Waals surface area (Å²) in [4.78, 5) is 11.5. The molecule has 0 unspecified atom stereocenters. The fraction of sp³-hybridized carbons (Fsp3) is 0.385. The minimum atomic E-state index is -0.108. The highest BCUT2D eigenvalue weighted by molar-refractivity contribution is 5.79. The molecule has 0 radical (unpaired) electrons. The van der Waals surface area contributed by atoms with E-state index in [2.05, 4.69) is 11.4 Å². The summed E-state index contributed by atoms with van der Waals surface area (Å²) in [6.45, 7) is 0.577. The molecule has 2 N–H and O–H groups in total. The van der Waals surface area contributed by atoms with E-state index in [1.54, 1.807) is 24.3 Å². The lowest BCUT2D eigenvalue weighted by atomic mass is 10.1. The van der Waals surface area contributed by atoms with Crippen molar-refractivity contribution in [1.29, 1.82) is 5.26 Å². The second-order valence-corrected chi connectivity index (χ2v) is 3.77. The predicted octanol–water partition coefficient (Wildman–Crippen LogP) is 1.74. The van der Waals surface area contributed by atoms with Gasteiger partial charge in [0.2, 0.25) is 5.91 Å². The molecule has 0 heterocycles. The van der Waals surface area contributed by atoms with Crippen molar-refractivity contribution in [2.24, 2.45) is 0 Å². The third-order valence-electron chi connectivity index (χ3n) is 2.38. The van der Waals surface area contributed by atoms with Crippen LogP contribution < -0.4 is 5.32 Å². The topological polar surface area (TPSA) is 73.1 Å². The number of carbonyl (C=O) groups is 1. The molecule has 0 bridgehead atoms. The number of nitrogens with one attached hydrogen (secondary N) is 1. The number of carbonyl (C=O) groups excluding carboxylic acids is 1. The van der Waals surface area contributed by atoms with Gasteiger partial charge < -0.3 is 10.4 Å². The van der Waals surface area contributed by atoms with Crippen molar-refractivity contribution in [3.05, 3.63) is 29.8 Å². The number of para-hydroxylation sites is 1. The van der Waals surface area contributed by atoms with Crippen molar-refractivity contribution in [1.82, 2.24) is 5.32 Å². The smallest absolute Gasteiger partial charge is 0.224 e. The lowest BCUT2D eigenvalue weighted by molar-refractivity contribution is -0.120. The molecular weight excluding hydrogens is 216 g/mol. The van der Waals surface area contributed by atoms with Gasteiger partial charge in [-0.15, -0.1) is 0 Å². The highest BCUT2D eigenvalue weighted by Crippen LogP contribution is 2.15. The van der Waals surface area contributed by atoms with Crippen LogP contribution in [0.4, 0.5) is 0 Å². The quantitative estimate of drug-likeness (QED) is 0.734. The van der Waals surface area contributed by atoms with Crippen molar-refractivity contribution >= 4 is 5.91 Å². The van der Waals surface area contributed by atoms with Crippen molar-refractivity contribution < 1.29 is 9.90 Å². The Morgan fingerprint density at radius 2 is 2.12 bits per heavy atom. The number of amides is 1. The number of nitrogens with zero attached hydrogens (tertiary/aromatic N) is 1. The molecule has 1 aromatic rings. The van der Waals surface area contributed by atoms with Crippen LogP contribution in [0, 0.1) is 11.3 Å². The maximum Gasteiger partial charge on any atom is 0.224 e. The summed E-state index contributed by atoms with van der Waals surface area (Å²) in [7, 11) is 0. The highest BCUT2D eigenvalue weighted by atomic mass is 16.3. The van der Waals surface area contributed by atoms with E-state index in [1.807, 2.05) is 0 Å². The van der Waals surface area contributed by atoms with Gasteiger partial charge in [0.15, 0.2) is 0 Å². The summed E-state index contributed by atoms with van der Waals surface area (Å²) in [5, 5.41) is 20.6. The van der Waals surface area contributed by atoms with Gasteiger partial charge in [-0.1, -0.05) is 18.2 Å². The number of phenols is 1. The Kier molecular flexibility index (Phi) is 5.59. The van der Waals surface area contributed by atoms with Crippen LogP contribution in [-0.4, -0.2) is 17.6 Å². The zero-order valence-electron chi connectivity index (χ0n) is 9.65. The van der Waals surface area contributed by atoms with Gasteiger partial charge in [0, 0.05) is 18.5 Å². The van der Waals surface area contributed by atoms with E-state index in [4.69, 9.17) is 5.26 Å². The number of nitriles is 1. The average molecular weight is 232 g/mol. The molecule has 90 valence electrons. The van der Waals surface area contributed by atoms with E-state index in [-0.39, 0.29) is 18.1 Å². The molecule has 0 aromatic heterocycles. The summed E-state index contributed by atoms with van der Waals surface area (Å²) < 4.78 is 0. The third-order valence-corrected chi connectivity index (χ3v) is 2.38. The average Bonchev–Trinajstić information content (AvgIpc) is 2.32. The number of phenolic OH excluding ortho intramolecular Hbond substituents is 1. The van der Waals surface area contributed by atoms with Crippen molar-refractivity contribution in [3.63, 3.8) is 0 Å². The fourth-order valence-electron chi connectivity index (χ4n) is 1.45. The number of benzene rings is 1. The first-order valence-electron chi connectivity index (χ1n) is 5.64. The molecule has 0 aliphatic rings.